The molecule has 2 N–H and O–H groups in total. The molecule has 0 atom stereocenters. The first-order valence-corrected chi connectivity index (χ1v) is 3.03. The van der Waals surface area contributed by atoms with E-state index in [1.807, 2.05) is 6.92 Å². The van der Waals surface area contributed by atoms with Crippen LogP contribution in [0.4, 0.5) is 0 Å². The van der Waals surface area contributed by atoms with E-state index in [1.165, 1.54) is 5.01 Å². The first-order valence-electron chi connectivity index (χ1n) is 3.03. The number of hydrogen-bond acceptors (Lipinski definition) is 2. The fourth-order valence-corrected chi connectivity index (χ4v) is 0.557. The summed E-state index contributed by atoms with van der Waals surface area (Å²) in [5, 5.41) is 1.52. The highest BCUT2D eigenvalue weighted by molar-refractivity contribution is 5.25. The maximum Gasteiger partial charge on any atom is 0.0586 e. The maximum absolute atomic E-state index is 5.36. The SMILES string of the molecule is C#CC(=C=CC)CN(C)N. The van der Waals surface area contributed by atoms with Crippen molar-refractivity contribution in [2.24, 2.45) is 5.84 Å². The van der Waals surface area contributed by atoms with Crippen molar-refractivity contribution in [3.8, 4) is 12.3 Å². The second-order valence-corrected chi connectivity index (χ2v) is 1.97. The molecule has 0 saturated carbocycles. The number of nitrogens with zero attached hydrogens (tertiary/aromatic N) is 1. The summed E-state index contributed by atoms with van der Waals surface area (Å²) in [7, 11) is 1.76. The van der Waals surface area contributed by atoms with Crippen molar-refractivity contribution in [2.75, 3.05) is 13.6 Å². The molecule has 2 nitrogen and oxygen atoms in total. The standard InChI is InChI=1S/C8H12N2/c1-4-6-8(5-2)7-10(3)9/h2,4H,7,9H2,1,3H3. The minimum Gasteiger partial charge on any atom is -0.269 e. The highest BCUT2D eigenvalue weighted by Crippen LogP contribution is 1.88. The third-order valence-electron chi connectivity index (χ3n) is 0.900. The zero-order chi connectivity index (χ0) is 7.98. The molecule has 0 aliphatic carbocycles. The van der Waals surface area contributed by atoms with E-state index >= 15 is 0 Å². The molecule has 10 heavy (non-hydrogen) atoms. The zero-order valence-corrected chi connectivity index (χ0v) is 6.39. The van der Waals surface area contributed by atoms with Crippen LogP contribution in [0.5, 0.6) is 0 Å². The highest BCUT2D eigenvalue weighted by Gasteiger charge is 1.91. The molecule has 2 heteroatoms. The number of likely N-dealkylation sites (N-methyl/N-ethyl adjacent to an activating group) is 1. The van der Waals surface area contributed by atoms with Crippen molar-refractivity contribution < 1.29 is 0 Å². The Labute approximate surface area is 62.0 Å². The Bertz CT molecular complexity index is 190. The van der Waals surface area contributed by atoms with Crippen LogP contribution in [0.1, 0.15) is 6.92 Å². The molecular weight excluding hydrogens is 124 g/mol. The normalized spacial score (nSPS) is 8.30. The molecule has 0 unspecified atom stereocenters. The van der Waals surface area contributed by atoms with Gasteiger partial charge in [-0.1, -0.05) is 5.92 Å². The lowest BCUT2D eigenvalue weighted by molar-refractivity contribution is 0.384. The van der Waals surface area contributed by atoms with Gasteiger partial charge in [-0.3, -0.25) is 5.84 Å². The Hall–Kier alpha value is -1.00. The van der Waals surface area contributed by atoms with Gasteiger partial charge in [0, 0.05) is 7.05 Å². The topological polar surface area (TPSA) is 29.3 Å². The molecule has 0 aliphatic rings. The molecule has 0 aliphatic heterocycles. The first-order chi connectivity index (χ1) is 4.70. The Morgan fingerprint density at radius 2 is 2.40 bits per heavy atom. The van der Waals surface area contributed by atoms with Gasteiger partial charge in [-0.15, -0.1) is 12.2 Å². The zero-order valence-electron chi connectivity index (χ0n) is 6.39. The molecule has 0 spiro atoms. The smallest absolute Gasteiger partial charge is 0.0586 e. The average molecular weight is 136 g/mol. The summed E-state index contributed by atoms with van der Waals surface area (Å²) in [6.07, 6.45) is 6.93. The summed E-state index contributed by atoms with van der Waals surface area (Å²) in [4.78, 5) is 0. The van der Waals surface area contributed by atoms with Crippen molar-refractivity contribution >= 4 is 0 Å². The minimum atomic E-state index is 0.570. The quantitative estimate of drug-likeness (QED) is 0.259. The molecule has 0 heterocycles. The second kappa shape index (κ2) is 4.84. The van der Waals surface area contributed by atoms with Gasteiger partial charge in [-0.25, -0.2) is 5.01 Å². The summed E-state index contributed by atoms with van der Waals surface area (Å²) in [6.45, 7) is 2.44. The van der Waals surface area contributed by atoms with Crippen LogP contribution in [0.2, 0.25) is 0 Å². The number of hydrazine groups is 1. The van der Waals surface area contributed by atoms with E-state index in [2.05, 4.69) is 11.7 Å². The summed E-state index contributed by atoms with van der Waals surface area (Å²) in [6, 6.07) is 0. The van der Waals surface area contributed by atoms with Crippen molar-refractivity contribution in [1.82, 2.24) is 5.01 Å². The van der Waals surface area contributed by atoms with Gasteiger partial charge in [-0.2, -0.15) is 0 Å². The molecule has 0 fully saturated rings. The number of hydrogen-bond donors (Lipinski definition) is 1. The van der Waals surface area contributed by atoms with Crippen molar-refractivity contribution in [3.63, 3.8) is 0 Å². The van der Waals surface area contributed by atoms with Crippen LogP contribution < -0.4 is 5.84 Å². The monoisotopic (exact) mass is 136 g/mol. The largest absolute Gasteiger partial charge is 0.269 e. The Morgan fingerprint density at radius 1 is 1.80 bits per heavy atom. The van der Waals surface area contributed by atoms with Gasteiger partial charge in [0.25, 0.3) is 0 Å². The maximum atomic E-state index is 5.36. The summed E-state index contributed by atoms with van der Waals surface area (Å²) < 4.78 is 0. The molecule has 0 aromatic carbocycles. The van der Waals surface area contributed by atoms with Gasteiger partial charge in [0.15, 0.2) is 0 Å². The molecule has 0 bridgehead atoms. The van der Waals surface area contributed by atoms with E-state index in [1.54, 1.807) is 13.1 Å². The predicted molar refractivity (Wildman–Crippen MR) is 42.9 cm³/mol. The fourth-order valence-electron chi connectivity index (χ4n) is 0.557. The molecule has 0 aromatic rings. The lowest BCUT2D eigenvalue weighted by atomic mass is 10.3. The van der Waals surface area contributed by atoms with Crippen LogP contribution in [-0.2, 0) is 0 Å². The van der Waals surface area contributed by atoms with Gasteiger partial charge in [0.1, 0.15) is 0 Å². The van der Waals surface area contributed by atoms with Crippen LogP contribution in [0.25, 0.3) is 0 Å². The van der Waals surface area contributed by atoms with E-state index < -0.39 is 0 Å². The Morgan fingerprint density at radius 3 is 2.70 bits per heavy atom. The first kappa shape index (κ1) is 9.00. The van der Waals surface area contributed by atoms with Crippen LogP contribution in [-0.4, -0.2) is 18.6 Å². The number of nitrogens with two attached hydrogens (primary N) is 1. The van der Waals surface area contributed by atoms with E-state index in [0.29, 0.717) is 6.54 Å². The molecule has 0 radical (unpaired) electrons. The lowest BCUT2D eigenvalue weighted by Crippen LogP contribution is -2.27. The molecule has 0 saturated heterocycles. The van der Waals surface area contributed by atoms with Crippen LogP contribution >= 0.6 is 0 Å². The van der Waals surface area contributed by atoms with Gasteiger partial charge in [-0.05, 0) is 13.0 Å². The number of terminal acetylenes is 1. The predicted octanol–water partition coefficient (Wildman–Crippen LogP) is 0.527. The van der Waals surface area contributed by atoms with Crippen LogP contribution in [0.15, 0.2) is 17.4 Å². The molecular formula is C8H12N2. The van der Waals surface area contributed by atoms with E-state index in [9.17, 15) is 0 Å². The van der Waals surface area contributed by atoms with E-state index in [4.69, 9.17) is 12.3 Å². The van der Waals surface area contributed by atoms with Gasteiger partial charge in [0.05, 0.1) is 12.1 Å². The summed E-state index contributed by atoms with van der Waals surface area (Å²) in [5.74, 6) is 7.85. The van der Waals surface area contributed by atoms with Gasteiger partial charge >= 0.3 is 0 Å². The Balaban J connectivity index is 4.15. The Kier molecular flexibility index (Phi) is 4.36. The third-order valence-corrected chi connectivity index (χ3v) is 0.900. The van der Waals surface area contributed by atoms with Crippen LogP contribution in [0, 0.1) is 12.3 Å². The van der Waals surface area contributed by atoms with Gasteiger partial charge < -0.3 is 0 Å². The van der Waals surface area contributed by atoms with E-state index in [-0.39, 0.29) is 0 Å². The summed E-state index contributed by atoms with van der Waals surface area (Å²) >= 11 is 0. The van der Waals surface area contributed by atoms with Crippen LogP contribution in [0.3, 0.4) is 0 Å². The minimum absolute atomic E-state index is 0.570. The van der Waals surface area contributed by atoms with Gasteiger partial charge in [0.2, 0.25) is 0 Å². The average Bonchev–Trinajstić information content (AvgIpc) is 1.86. The highest BCUT2D eigenvalue weighted by atomic mass is 15.4. The second-order valence-electron chi connectivity index (χ2n) is 1.97. The molecule has 0 amide bonds. The summed E-state index contributed by atoms with van der Waals surface area (Å²) in [5.41, 5.74) is 3.67. The molecule has 0 rings (SSSR count). The molecule has 0 aromatic heterocycles. The molecule has 54 valence electrons. The van der Waals surface area contributed by atoms with E-state index in [0.717, 1.165) is 5.57 Å². The fraction of sp³-hybridized carbons (Fsp3) is 0.375. The van der Waals surface area contributed by atoms with Crippen molar-refractivity contribution in [2.45, 2.75) is 6.92 Å². The number of rotatable bonds is 2. The van der Waals surface area contributed by atoms with Crippen molar-refractivity contribution in [3.05, 3.63) is 17.4 Å². The van der Waals surface area contributed by atoms with Crippen molar-refractivity contribution in [1.29, 1.82) is 0 Å². The third kappa shape index (κ3) is 3.94. The lowest BCUT2D eigenvalue weighted by Gasteiger charge is -2.05.